The number of carbonyl (C=O) groups is 1. The topological polar surface area (TPSA) is 86.4 Å². The number of nitrogens with zero attached hydrogens (tertiary/aromatic N) is 2. The first-order valence-electron chi connectivity index (χ1n) is 9.76. The SMILES string of the molecule is COc1cc(Cl)c(C)cc1-n1c(SCC(=O)NCc2ccco2)nc2ccccc2c1=O. The van der Waals surface area contributed by atoms with Gasteiger partial charge in [0.05, 0.1) is 42.3 Å². The maximum absolute atomic E-state index is 13.4. The first-order valence-corrected chi connectivity index (χ1v) is 11.1. The summed E-state index contributed by atoms with van der Waals surface area (Å²) in [7, 11) is 1.51. The van der Waals surface area contributed by atoms with Crippen molar-refractivity contribution < 1.29 is 13.9 Å². The van der Waals surface area contributed by atoms with Crippen LogP contribution < -0.4 is 15.6 Å². The first kappa shape index (κ1) is 22.0. The highest BCUT2D eigenvalue weighted by Gasteiger charge is 2.19. The van der Waals surface area contributed by atoms with Gasteiger partial charge in [0, 0.05) is 11.1 Å². The Morgan fingerprint density at radius 2 is 2.06 bits per heavy atom. The monoisotopic (exact) mass is 469 g/mol. The Labute approximate surface area is 193 Å². The summed E-state index contributed by atoms with van der Waals surface area (Å²) >= 11 is 7.42. The van der Waals surface area contributed by atoms with Gasteiger partial charge in [-0.3, -0.25) is 14.2 Å². The Bertz CT molecular complexity index is 1340. The van der Waals surface area contributed by atoms with Gasteiger partial charge < -0.3 is 14.5 Å². The molecule has 0 aliphatic carbocycles. The first-order chi connectivity index (χ1) is 15.5. The summed E-state index contributed by atoms with van der Waals surface area (Å²) in [5.74, 6) is 0.953. The van der Waals surface area contributed by atoms with Crippen LogP contribution in [0.5, 0.6) is 5.75 Å². The van der Waals surface area contributed by atoms with Gasteiger partial charge in [-0.2, -0.15) is 0 Å². The average molecular weight is 470 g/mol. The van der Waals surface area contributed by atoms with E-state index in [1.807, 2.05) is 13.0 Å². The van der Waals surface area contributed by atoms with E-state index in [1.165, 1.54) is 23.4 Å². The molecule has 0 bridgehead atoms. The Kier molecular flexibility index (Phi) is 6.53. The number of para-hydroxylation sites is 1. The normalized spacial score (nSPS) is 11.0. The lowest BCUT2D eigenvalue weighted by Gasteiger charge is -2.17. The van der Waals surface area contributed by atoms with Crippen LogP contribution >= 0.6 is 23.4 Å². The van der Waals surface area contributed by atoms with Gasteiger partial charge in [-0.05, 0) is 42.8 Å². The number of benzene rings is 2. The number of rotatable bonds is 7. The van der Waals surface area contributed by atoms with E-state index in [2.05, 4.69) is 10.3 Å². The number of aryl methyl sites for hydroxylation is 1. The van der Waals surface area contributed by atoms with Crippen LogP contribution in [0.4, 0.5) is 0 Å². The van der Waals surface area contributed by atoms with Crippen LogP contribution in [0, 0.1) is 6.92 Å². The maximum atomic E-state index is 13.4. The highest BCUT2D eigenvalue weighted by Crippen LogP contribution is 2.32. The lowest BCUT2D eigenvalue weighted by Crippen LogP contribution is -2.26. The standard InChI is InChI=1S/C23H20ClN3O4S/c1-14-10-19(20(30-2)11-17(14)24)27-22(29)16-7-3-4-8-18(16)26-23(27)32-13-21(28)25-12-15-6-5-9-31-15/h3-11H,12-13H2,1-2H3,(H,25,28). The Morgan fingerprint density at radius 3 is 2.81 bits per heavy atom. The average Bonchev–Trinajstić information content (AvgIpc) is 3.32. The van der Waals surface area contributed by atoms with Crippen LogP contribution in [0.15, 0.2) is 69.2 Å². The fraction of sp³-hybridized carbons (Fsp3) is 0.174. The van der Waals surface area contributed by atoms with Gasteiger partial charge in [0.25, 0.3) is 5.56 Å². The number of amides is 1. The van der Waals surface area contributed by atoms with Crippen molar-refractivity contribution in [3.05, 3.63) is 81.5 Å². The number of nitrogens with one attached hydrogen (secondary N) is 1. The molecule has 2 aromatic heterocycles. The minimum Gasteiger partial charge on any atom is -0.495 e. The van der Waals surface area contributed by atoms with Crippen molar-refractivity contribution in [2.24, 2.45) is 0 Å². The Hall–Kier alpha value is -3.23. The molecule has 2 heterocycles. The number of thioether (sulfide) groups is 1. The summed E-state index contributed by atoms with van der Waals surface area (Å²) in [4.78, 5) is 30.5. The van der Waals surface area contributed by atoms with Crippen LogP contribution in [-0.2, 0) is 11.3 Å². The lowest BCUT2D eigenvalue weighted by molar-refractivity contribution is -0.118. The molecule has 32 heavy (non-hydrogen) atoms. The number of halogens is 1. The number of methoxy groups -OCH3 is 1. The molecule has 0 spiro atoms. The highest BCUT2D eigenvalue weighted by atomic mass is 35.5. The van der Waals surface area contributed by atoms with Crippen molar-refractivity contribution in [3.63, 3.8) is 0 Å². The van der Waals surface area contributed by atoms with E-state index >= 15 is 0 Å². The molecular weight excluding hydrogens is 450 g/mol. The molecule has 1 N–H and O–H groups in total. The van der Waals surface area contributed by atoms with Crippen LogP contribution in [0.25, 0.3) is 16.6 Å². The van der Waals surface area contributed by atoms with E-state index in [0.717, 1.165) is 5.56 Å². The van der Waals surface area contributed by atoms with E-state index < -0.39 is 0 Å². The number of aromatic nitrogens is 2. The number of fused-ring (bicyclic) bond motifs is 1. The Balaban J connectivity index is 1.72. The van der Waals surface area contributed by atoms with Gasteiger partial charge in [0.15, 0.2) is 5.16 Å². The molecule has 4 rings (SSSR count). The smallest absolute Gasteiger partial charge is 0.266 e. The number of furan rings is 1. The van der Waals surface area contributed by atoms with Crippen LogP contribution in [-0.4, -0.2) is 28.3 Å². The molecular formula is C23H20ClN3O4S. The van der Waals surface area contributed by atoms with Crippen molar-refractivity contribution in [1.82, 2.24) is 14.9 Å². The van der Waals surface area contributed by atoms with Crippen molar-refractivity contribution in [2.75, 3.05) is 12.9 Å². The number of ether oxygens (including phenoxy) is 1. The second kappa shape index (κ2) is 9.50. The van der Waals surface area contributed by atoms with E-state index in [4.69, 9.17) is 20.8 Å². The largest absolute Gasteiger partial charge is 0.495 e. The van der Waals surface area contributed by atoms with E-state index in [-0.39, 0.29) is 23.8 Å². The molecule has 0 unspecified atom stereocenters. The number of hydrogen-bond donors (Lipinski definition) is 1. The second-order valence-corrected chi connectivity index (χ2v) is 8.32. The molecule has 0 aliphatic rings. The summed E-state index contributed by atoms with van der Waals surface area (Å²) < 4.78 is 12.2. The molecule has 4 aromatic rings. The minimum absolute atomic E-state index is 0.0698. The molecule has 0 fully saturated rings. The quantitative estimate of drug-likeness (QED) is 0.320. The third-order valence-corrected chi connectivity index (χ3v) is 6.16. The fourth-order valence-electron chi connectivity index (χ4n) is 3.19. The van der Waals surface area contributed by atoms with Crippen molar-refractivity contribution in [3.8, 4) is 11.4 Å². The molecule has 0 aliphatic heterocycles. The predicted molar refractivity (Wildman–Crippen MR) is 125 cm³/mol. The zero-order chi connectivity index (χ0) is 22.7. The third kappa shape index (κ3) is 4.51. The molecule has 9 heteroatoms. The van der Waals surface area contributed by atoms with Gasteiger partial charge >= 0.3 is 0 Å². The van der Waals surface area contributed by atoms with Gasteiger partial charge in [0.2, 0.25) is 5.91 Å². The number of hydrogen-bond acceptors (Lipinski definition) is 6. The van der Waals surface area contributed by atoms with E-state index in [9.17, 15) is 9.59 Å². The molecule has 1 amide bonds. The lowest BCUT2D eigenvalue weighted by atomic mass is 10.2. The molecule has 0 atom stereocenters. The van der Waals surface area contributed by atoms with Crippen molar-refractivity contribution in [1.29, 1.82) is 0 Å². The van der Waals surface area contributed by atoms with Gasteiger partial charge in [-0.15, -0.1) is 0 Å². The summed E-state index contributed by atoms with van der Waals surface area (Å²) in [6.07, 6.45) is 1.55. The van der Waals surface area contributed by atoms with Gasteiger partial charge in [-0.1, -0.05) is 35.5 Å². The fourth-order valence-corrected chi connectivity index (χ4v) is 4.18. The van der Waals surface area contributed by atoms with E-state index in [0.29, 0.717) is 38.3 Å². The van der Waals surface area contributed by atoms with Crippen LogP contribution in [0.1, 0.15) is 11.3 Å². The summed E-state index contributed by atoms with van der Waals surface area (Å²) in [6, 6.07) is 14.1. The minimum atomic E-state index is -0.255. The van der Waals surface area contributed by atoms with Gasteiger partial charge in [0.1, 0.15) is 11.5 Å². The molecule has 0 saturated heterocycles. The van der Waals surface area contributed by atoms with Gasteiger partial charge in [-0.25, -0.2) is 4.98 Å². The molecule has 0 saturated carbocycles. The summed E-state index contributed by atoms with van der Waals surface area (Å²) in [5, 5.41) is 4.16. The predicted octanol–water partition coefficient (Wildman–Crippen LogP) is 4.36. The summed E-state index contributed by atoms with van der Waals surface area (Å²) in [6.45, 7) is 2.13. The zero-order valence-electron chi connectivity index (χ0n) is 17.4. The van der Waals surface area contributed by atoms with Crippen molar-refractivity contribution in [2.45, 2.75) is 18.6 Å². The highest BCUT2D eigenvalue weighted by molar-refractivity contribution is 7.99. The summed E-state index contributed by atoms with van der Waals surface area (Å²) in [5.41, 5.74) is 1.59. The van der Waals surface area contributed by atoms with Crippen LogP contribution in [0.3, 0.4) is 0 Å². The molecule has 164 valence electrons. The molecule has 0 radical (unpaired) electrons. The zero-order valence-corrected chi connectivity index (χ0v) is 19.0. The van der Waals surface area contributed by atoms with E-state index in [1.54, 1.807) is 48.7 Å². The maximum Gasteiger partial charge on any atom is 0.266 e. The van der Waals surface area contributed by atoms with Crippen molar-refractivity contribution >= 4 is 40.2 Å². The second-order valence-electron chi connectivity index (χ2n) is 6.97. The molecule has 2 aromatic carbocycles. The van der Waals surface area contributed by atoms with Crippen LogP contribution in [0.2, 0.25) is 5.02 Å². The third-order valence-electron chi connectivity index (χ3n) is 4.82. The molecule has 7 nitrogen and oxygen atoms in total. The number of carbonyl (C=O) groups excluding carboxylic acids is 1. The Morgan fingerprint density at radius 1 is 1.25 bits per heavy atom.